The Labute approximate surface area is 131 Å². The Hall–Kier alpha value is -1.26. The van der Waals surface area contributed by atoms with Crippen molar-refractivity contribution in [2.45, 2.75) is 25.3 Å². The molecule has 104 valence electrons. The highest BCUT2D eigenvalue weighted by molar-refractivity contribution is 9.10. The van der Waals surface area contributed by atoms with E-state index in [1.807, 2.05) is 18.2 Å². The van der Waals surface area contributed by atoms with Crippen molar-refractivity contribution in [1.29, 1.82) is 0 Å². The second kappa shape index (κ2) is 5.62. The highest BCUT2D eigenvalue weighted by atomic mass is 79.9. The van der Waals surface area contributed by atoms with Crippen molar-refractivity contribution < 1.29 is 5.11 Å². The van der Waals surface area contributed by atoms with E-state index in [0.717, 1.165) is 29.4 Å². The molecule has 1 atom stereocenters. The first-order chi connectivity index (χ1) is 9.63. The molecule has 2 N–H and O–H groups in total. The van der Waals surface area contributed by atoms with Gasteiger partial charge in [0.15, 0.2) is 0 Å². The number of phenols is 1. The predicted octanol–water partition coefficient (Wildman–Crippen LogP) is 4.69. The summed E-state index contributed by atoms with van der Waals surface area (Å²) in [5, 5.41) is 13.6. The van der Waals surface area contributed by atoms with E-state index in [0.29, 0.717) is 10.9 Å². The average molecular weight is 354 g/mol. The van der Waals surface area contributed by atoms with E-state index < -0.39 is 0 Å². The molecule has 1 aliphatic rings. The lowest BCUT2D eigenvalue weighted by atomic mass is 9.87. The van der Waals surface area contributed by atoms with Crippen molar-refractivity contribution >= 4 is 33.2 Å². The fourth-order valence-corrected chi connectivity index (χ4v) is 3.09. The van der Waals surface area contributed by atoms with Crippen LogP contribution in [-0.4, -0.2) is 10.1 Å². The van der Waals surface area contributed by atoms with Gasteiger partial charge in [0.2, 0.25) is 0 Å². The van der Waals surface area contributed by atoms with E-state index in [-0.39, 0.29) is 6.04 Å². The minimum Gasteiger partial charge on any atom is -0.508 e. The first-order valence-corrected chi connectivity index (χ1v) is 7.70. The summed E-state index contributed by atoms with van der Waals surface area (Å²) < 4.78 is 0.774. The maximum Gasteiger partial charge on any atom is 0.143 e. The number of nitrogens with one attached hydrogen (secondary N) is 1. The summed E-state index contributed by atoms with van der Waals surface area (Å²) in [5.41, 5.74) is 3.39. The Morgan fingerprint density at radius 2 is 2.20 bits per heavy atom. The third kappa shape index (κ3) is 2.76. The van der Waals surface area contributed by atoms with Gasteiger partial charge in [0, 0.05) is 0 Å². The number of hydrogen-bond acceptors (Lipinski definition) is 3. The van der Waals surface area contributed by atoms with E-state index in [4.69, 9.17) is 11.6 Å². The van der Waals surface area contributed by atoms with Crippen LogP contribution in [0.2, 0.25) is 5.15 Å². The lowest BCUT2D eigenvalue weighted by Crippen LogP contribution is -2.17. The van der Waals surface area contributed by atoms with Crippen molar-refractivity contribution in [2.24, 2.45) is 0 Å². The van der Waals surface area contributed by atoms with Gasteiger partial charge < -0.3 is 10.4 Å². The van der Waals surface area contributed by atoms with Gasteiger partial charge in [-0.15, -0.1) is 0 Å². The minimum atomic E-state index is 0.195. The second-order valence-electron chi connectivity index (χ2n) is 4.97. The molecule has 5 heteroatoms. The Kier molecular flexibility index (Phi) is 3.85. The van der Waals surface area contributed by atoms with Crippen molar-refractivity contribution in [2.75, 3.05) is 5.32 Å². The Balaban J connectivity index is 1.89. The molecule has 0 aliphatic heterocycles. The van der Waals surface area contributed by atoms with Gasteiger partial charge in [-0.1, -0.05) is 17.7 Å². The number of rotatable bonds is 2. The zero-order valence-electron chi connectivity index (χ0n) is 10.7. The summed E-state index contributed by atoms with van der Waals surface area (Å²) in [7, 11) is 0. The van der Waals surface area contributed by atoms with E-state index in [1.165, 1.54) is 11.1 Å². The number of fused-ring (bicyclic) bond motifs is 1. The fourth-order valence-electron chi connectivity index (χ4n) is 2.64. The number of anilines is 1. The minimum absolute atomic E-state index is 0.195. The number of pyridine rings is 1. The number of aromatic nitrogens is 1. The molecule has 1 aliphatic carbocycles. The predicted molar refractivity (Wildman–Crippen MR) is 84.4 cm³/mol. The highest BCUT2D eigenvalue weighted by Gasteiger charge is 2.20. The third-order valence-electron chi connectivity index (χ3n) is 3.58. The highest BCUT2D eigenvalue weighted by Crippen LogP contribution is 2.35. The van der Waals surface area contributed by atoms with Crippen molar-refractivity contribution in [1.82, 2.24) is 4.98 Å². The van der Waals surface area contributed by atoms with Gasteiger partial charge >= 0.3 is 0 Å². The van der Waals surface area contributed by atoms with Gasteiger partial charge in [-0.25, -0.2) is 4.98 Å². The van der Waals surface area contributed by atoms with Crippen molar-refractivity contribution in [3.05, 3.63) is 51.2 Å². The second-order valence-corrected chi connectivity index (χ2v) is 6.18. The summed E-state index contributed by atoms with van der Waals surface area (Å²) in [5.74, 6) is 0.313. The van der Waals surface area contributed by atoms with Gasteiger partial charge in [-0.05, 0) is 64.5 Å². The molecule has 0 bridgehead atoms. The molecular weight excluding hydrogens is 340 g/mol. The summed E-state index contributed by atoms with van der Waals surface area (Å²) in [6.45, 7) is 0. The molecule has 3 rings (SSSR count). The first-order valence-electron chi connectivity index (χ1n) is 6.53. The van der Waals surface area contributed by atoms with E-state index in [1.54, 1.807) is 12.3 Å². The van der Waals surface area contributed by atoms with Crippen LogP contribution >= 0.6 is 27.5 Å². The molecule has 3 nitrogen and oxygen atoms in total. The molecule has 0 spiro atoms. The quantitative estimate of drug-likeness (QED) is 0.770. The van der Waals surface area contributed by atoms with Crippen LogP contribution < -0.4 is 5.32 Å². The maximum absolute atomic E-state index is 9.69. The molecule has 20 heavy (non-hydrogen) atoms. The van der Waals surface area contributed by atoms with Crippen molar-refractivity contribution in [3.63, 3.8) is 0 Å². The number of nitrogens with zero attached hydrogens (tertiary/aromatic N) is 1. The zero-order valence-corrected chi connectivity index (χ0v) is 13.1. The number of phenolic OH excluding ortho intramolecular Hbond substituents is 1. The molecule has 1 heterocycles. The van der Waals surface area contributed by atoms with Crippen LogP contribution in [0, 0.1) is 0 Å². The van der Waals surface area contributed by atoms with Crippen molar-refractivity contribution in [3.8, 4) is 5.75 Å². The lowest BCUT2D eigenvalue weighted by molar-refractivity contribution is 0.471. The maximum atomic E-state index is 9.69. The van der Waals surface area contributed by atoms with E-state index in [2.05, 4.69) is 26.2 Å². The van der Waals surface area contributed by atoms with Gasteiger partial charge in [-0.2, -0.15) is 0 Å². The molecular formula is C15H14BrClN2O. The zero-order chi connectivity index (χ0) is 14.1. The van der Waals surface area contributed by atoms with Crippen LogP contribution in [0.1, 0.15) is 30.0 Å². The van der Waals surface area contributed by atoms with E-state index >= 15 is 0 Å². The number of halogens is 2. The Bertz CT molecular complexity index is 648. The Morgan fingerprint density at radius 1 is 1.35 bits per heavy atom. The SMILES string of the molecule is Oc1ccc2c(c1)C(Nc1cnc(Cl)c(Br)c1)CCC2. The standard InChI is InChI=1S/C15H14BrClN2O/c16-13-6-10(8-18-15(13)17)19-14-3-1-2-9-4-5-11(20)7-12(9)14/h4-8,14,19-20H,1-3H2. The number of aryl methyl sites for hydroxylation is 1. The summed E-state index contributed by atoms with van der Waals surface area (Å²) in [4.78, 5) is 4.12. The largest absolute Gasteiger partial charge is 0.508 e. The van der Waals surface area contributed by atoms with Gasteiger partial charge in [-0.3, -0.25) is 0 Å². The van der Waals surface area contributed by atoms with Crippen LogP contribution in [0.5, 0.6) is 5.75 Å². The van der Waals surface area contributed by atoms with Gasteiger partial charge in [0.25, 0.3) is 0 Å². The molecule has 0 saturated carbocycles. The smallest absolute Gasteiger partial charge is 0.143 e. The molecule has 0 fully saturated rings. The molecule has 1 aromatic carbocycles. The Morgan fingerprint density at radius 3 is 3.00 bits per heavy atom. The van der Waals surface area contributed by atoms with Gasteiger partial charge in [0.05, 0.1) is 22.4 Å². The number of aromatic hydroxyl groups is 1. The molecule has 0 radical (unpaired) electrons. The normalized spacial score (nSPS) is 17.6. The van der Waals surface area contributed by atoms with Crippen LogP contribution in [0.25, 0.3) is 0 Å². The molecule has 0 amide bonds. The topological polar surface area (TPSA) is 45.1 Å². The molecule has 0 saturated heterocycles. The summed E-state index contributed by atoms with van der Waals surface area (Å²) in [6, 6.07) is 7.73. The third-order valence-corrected chi connectivity index (χ3v) is 4.71. The molecule has 1 aromatic heterocycles. The van der Waals surface area contributed by atoms with Crippen LogP contribution in [0.4, 0.5) is 5.69 Å². The van der Waals surface area contributed by atoms with Gasteiger partial charge in [0.1, 0.15) is 10.9 Å². The number of benzene rings is 1. The average Bonchev–Trinajstić information content (AvgIpc) is 2.44. The van der Waals surface area contributed by atoms with E-state index in [9.17, 15) is 5.11 Å². The summed E-state index contributed by atoms with van der Waals surface area (Å²) >= 11 is 9.29. The fraction of sp³-hybridized carbons (Fsp3) is 0.267. The van der Waals surface area contributed by atoms with Crippen LogP contribution in [0.15, 0.2) is 34.9 Å². The van der Waals surface area contributed by atoms with Crippen LogP contribution in [0.3, 0.4) is 0 Å². The summed E-state index contributed by atoms with van der Waals surface area (Å²) in [6.07, 6.45) is 4.97. The van der Waals surface area contributed by atoms with Crippen LogP contribution in [-0.2, 0) is 6.42 Å². The first kappa shape index (κ1) is 13.7. The molecule has 2 aromatic rings. The monoisotopic (exact) mass is 352 g/mol. The number of hydrogen-bond donors (Lipinski definition) is 2. The molecule has 1 unspecified atom stereocenters. The lowest BCUT2D eigenvalue weighted by Gasteiger charge is -2.27.